The largest absolute Gasteiger partial charge is 0.351 e. The molecule has 0 spiro atoms. The summed E-state index contributed by atoms with van der Waals surface area (Å²) < 4.78 is 0. The number of halogens is 2. The van der Waals surface area contributed by atoms with Gasteiger partial charge in [-0.05, 0) is 36.4 Å². The number of nitrogens with two attached hydrogens (primary N) is 1. The molecule has 0 aliphatic rings. The lowest BCUT2D eigenvalue weighted by Gasteiger charge is -2.07. The molecule has 1 aromatic carbocycles. The first-order chi connectivity index (χ1) is 9.94. The normalized spacial score (nSPS) is 10.0. The second-order valence-corrected chi connectivity index (χ2v) is 4.80. The van der Waals surface area contributed by atoms with Crippen LogP contribution in [0.3, 0.4) is 0 Å². The van der Waals surface area contributed by atoms with Gasteiger partial charge in [-0.1, -0.05) is 23.2 Å². The first-order valence-electron chi connectivity index (χ1n) is 5.75. The molecule has 1 heterocycles. The Morgan fingerprint density at radius 2 is 1.43 bits per heavy atom. The van der Waals surface area contributed by atoms with E-state index in [0.29, 0.717) is 16.9 Å². The van der Waals surface area contributed by atoms with Crippen molar-refractivity contribution in [3.8, 4) is 0 Å². The average Bonchev–Trinajstić information content (AvgIpc) is 2.39. The summed E-state index contributed by atoms with van der Waals surface area (Å²) in [5.41, 5.74) is 6.35. The standard InChI is InChI=1S/C13H10Cl2N4O2/c14-10-5-7(6-11(15)19-10)12(20)17-8-1-3-9(4-2-8)18-13(16)21/h1-6H,(H,17,20)(H3,16,18,21). The fraction of sp³-hybridized carbons (Fsp3) is 0. The lowest BCUT2D eigenvalue weighted by molar-refractivity contribution is 0.102. The predicted octanol–water partition coefficient (Wildman–Crippen LogP) is 3.13. The number of carbonyl (C=O) groups excluding carboxylic acids is 2. The van der Waals surface area contributed by atoms with Gasteiger partial charge < -0.3 is 16.4 Å². The molecular weight excluding hydrogens is 315 g/mol. The monoisotopic (exact) mass is 324 g/mol. The van der Waals surface area contributed by atoms with Crippen molar-refractivity contribution in [1.29, 1.82) is 0 Å². The SMILES string of the molecule is NC(=O)Nc1ccc(NC(=O)c2cc(Cl)nc(Cl)c2)cc1. The fourth-order valence-corrected chi connectivity index (χ4v) is 2.04. The molecule has 0 aliphatic heterocycles. The third kappa shape index (κ3) is 4.34. The van der Waals surface area contributed by atoms with Crippen molar-refractivity contribution in [3.63, 3.8) is 0 Å². The van der Waals surface area contributed by atoms with Gasteiger partial charge in [0.25, 0.3) is 5.91 Å². The topological polar surface area (TPSA) is 97.1 Å². The van der Waals surface area contributed by atoms with Crippen molar-refractivity contribution < 1.29 is 9.59 Å². The van der Waals surface area contributed by atoms with Gasteiger partial charge in [-0.3, -0.25) is 4.79 Å². The maximum atomic E-state index is 12.0. The van der Waals surface area contributed by atoms with Crippen molar-refractivity contribution in [2.75, 3.05) is 10.6 Å². The number of primary amides is 1. The third-order valence-corrected chi connectivity index (χ3v) is 2.82. The van der Waals surface area contributed by atoms with Gasteiger partial charge >= 0.3 is 6.03 Å². The van der Waals surface area contributed by atoms with Crippen molar-refractivity contribution in [2.45, 2.75) is 0 Å². The van der Waals surface area contributed by atoms with Crippen molar-refractivity contribution in [2.24, 2.45) is 5.73 Å². The van der Waals surface area contributed by atoms with E-state index in [0.717, 1.165) is 0 Å². The number of anilines is 2. The molecule has 0 fully saturated rings. The summed E-state index contributed by atoms with van der Waals surface area (Å²) in [5, 5.41) is 5.35. The summed E-state index contributed by atoms with van der Waals surface area (Å²) >= 11 is 11.5. The molecule has 108 valence electrons. The molecule has 8 heteroatoms. The molecule has 0 saturated carbocycles. The van der Waals surface area contributed by atoms with Crippen LogP contribution in [-0.4, -0.2) is 16.9 Å². The zero-order valence-corrected chi connectivity index (χ0v) is 12.1. The van der Waals surface area contributed by atoms with Gasteiger partial charge in [0.05, 0.1) is 0 Å². The Labute approximate surface area is 130 Å². The van der Waals surface area contributed by atoms with Gasteiger partial charge in [-0.15, -0.1) is 0 Å². The Morgan fingerprint density at radius 1 is 0.952 bits per heavy atom. The van der Waals surface area contributed by atoms with E-state index < -0.39 is 6.03 Å². The predicted molar refractivity (Wildman–Crippen MR) is 81.9 cm³/mol. The maximum absolute atomic E-state index is 12.0. The number of nitrogens with one attached hydrogen (secondary N) is 2. The minimum absolute atomic E-state index is 0.133. The van der Waals surface area contributed by atoms with Crippen molar-refractivity contribution >= 4 is 46.5 Å². The van der Waals surface area contributed by atoms with Crippen LogP contribution in [0.15, 0.2) is 36.4 Å². The molecule has 2 rings (SSSR count). The van der Waals surface area contributed by atoms with E-state index in [1.165, 1.54) is 12.1 Å². The second kappa shape index (κ2) is 6.43. The molecule has 0 saturated heterocycles. The number of urea groups is 1. The van der Waals surface area contributed by atoms with E-state index in [2.05, 4.69) is 15.6 Å². The molecule has 4 N–H and O–H groups in total. The van der Waals surface area contributed by atoms with Crippen LogP contribution in [0.4, 0.5) is 16.2 Å². The Hall–Kier alpha value is -2.31. The molecule has 0 aliphatic carbocycles. The summed E-state index contributed by atoms with van der Waals surface area (Å²) in [6.07, 6.45) is 0. The highest BCUT2D eigenvalue weighted by molar-refractivity contribution is 6.33. The number of benzene rings is 1. The minimum atomic E-state index is -0.659. The molecule has 0 atom stereocenters. The fourth-order valence-electron chi connectivity index (χ4n) is 1.58. The maximum Gasteiger partial charge on any atom is 0.316 e. The highest BCUT2D eigenvalue weighted by Gasteiger charge is 2.09. The Morgan fingerprint density at radius 3 is 1.90 bits per heavy atom. The highest BCUT2D eigenvalue weighted by Crippen LogP contribution is 2.18. The molecule has 3 amide bonds. The second-order valence-electron chi connectivity index (χ2n) is 4.02. The highest BCUT2D eigenvalue weighted by atomic mass is 35.5. The Kier molecular flexibility index (Phi) is 4.62. The number of hydrogen-bond donors (Lipinski definition) is 3. The third-order valence-electron chi connectivity index (χ3n) is 2.44. The molecule has 6 nitrogen and oxygen atoms in total. The van der Waals surface area contributed by atoms with Crippen LogP contribution >= 0.6 is 23.2 Å². The summed E-state index contributed by atoms with van der Waals surface area (Å²) in [6, 6.07) is 8.60. The van der Waals surface area contributed by atoms with Crippen LogP contribution in [0.25, 0.3) is 0 Å². The Bertz CT molecular complexity index is 669. The zero-order chi connectivity index (χ0) is 15.4. The van der Waals surface area contributed by atoms with E-state index in [9.17, 15) is 9.59 Å². The molecule has 1 aromatic heterocycles. The number of amides is 3. The first-order valence-corrected chi connectivity index (χ1v) is 6.50. The number of nitrogens with zero attached hydrogens (tertiary/aromatic N) is 1. The number of pyridine rings is 1. The number of rotatable bonds is 3. The molecule has 0 radical (unpaired) electrons. The smallest absolute Gasteiger partial charge is 0.316 e. The molecule has 0 bridgehead atoms. The molecule has 2 aromatic rings. The van der Waals surface area contributed by atoms with Crippen LogP contribution in [-0.2, 0) is 0 Å². The zero-order valence-electron chi connectivity index (χ0n) is 10.6. The molecule has 0 unspecified atom stereocenters. The number of carbonyl (C=O) groups is 2. The van der Waals surface area contributed by atoms with E-state index in [4.69, 9.17) is 28.9 Å². The van der Waals surface area contributed by atoms with E-state index in [1.54, 1.807) is 24.3 Å². The van der Waals surface area contributed by atoms with Crippen LogP contribution < -0.4 is 16.4 Å². The summed E-state index contributed by atoms with van der Waals surface area (Å²) in [4.78, 5) is 26.5. The van der Waals surface area contributed by atoms with Gasteiger partial charge in [-0.25, -0.2) is 9.78 Å². The van der Waals surface area contributed by atoms with Crippen LogP contribution in [0.2, 0.25) is 10.3 Å². The quantitative estimate of drug-likeness (QED) is 0.756. The van der Waals surface area contributed by atoms with E-state index >= 15 is 0 Å². The number of hydrogen-bond acceptors (Lipinski definition) is 3. The van der Waals surface area contributed by atoms with Gasteiger partial charge in [0, 0.05) is 16.9 Å². The van der Waals surface area contributed by atoms with Gasteiger partial charge in [-0.2, -0.15) is 0 Å². The van der Waals surface area contributed by atoms with E-state index in [-0.39, 0.29) is 16.2 Å². The van der Waals surface area contributed by atoms with Crippen LogP contribution in [0, 0.1) is 0 Å². The molecule has 21 heavy (non-hydrogen) atoms. The number of aromatic nitrogens is 1. The summed E-state index contributed by atoms with van der Waals surface area (Å²) in [7, 11) is 0. The van der Waals surface area contributed by atoms with Crippen molar-refractivity contribution in [1.82, 2.24) is 4.98 Å². The summed E-state index contributed by atoms with van der Waals surface area (Å²) in [6.45, 7) is 0. The van der Waals surface area contributed by atoms with Gasteiger partial charge in [0.1, 0.15) is 10.3 Å². The molecular formula is C13H10Cl2N4O2. The van der Waals surface area contributed by atoms with Crippen LogP contribution in [0.5, 0.6) is 0 Å². The van der Waals surface area contributed by atoms with Gasteiger partial charge in [0.2, 0.25) is 0 Å². The minimum Gasteiger partial charge on any atom is -0.351 e. The lowest BCUT2D eigenvalue weighted by Crippen LogP contribution is -2.19. The lowest BCUT2D eigenvalue weighted by atomic mass is 10.2. The van der Waals surface area contributed by atoms with Crippen LogP contribution in [0.1, 0.15) is 10.4 Å². The van der Waals surface area contributed by atoms with Crippen molar-refractivity contribution in [3.05, 3.63) is 52.3 Å². The Balaban J connectivity index is 2.10. The van der Waals surface area contributed by atoms with E-state index in [1.807, 2.05) is 0 Å². The van der Waals surface area contributed by atoms with Gasteiger partial charge in [0.15, 0.2) is 0 Å². The average molecular weight is 325 g/mol. The summed E-state index contributed by atoms with van der Waals surface area (Å²) in [5.74, 6) is -0.378. The first kappa shape index (κ1) is 15.1.